The average molecular weight is 640 g/mol. The Morgan fingerprint density at radius 3 is 1.05 bits per heavy atom. The van der Waals surface area contributed by atoms with Crippen LogP contribution >= 0.6 is 0 Å². The molecule has 0 aromatic rings. The van der Waals surface area contributed by atoms with E-state index in [0.29, 0.717) is 0 Å². The zero-order valence-electron chi connectivity index (χ0n) is 30.8. The molecule has 2 atom stereocenters. The second kappa shape index (κ2) is 34.1. The van der Waals surface area contributed by atoms with Gasteiger partial charge in [0.25, 0.3) is 0 Å². The van der Waals surface area contributed by atoms with Crippen LogP contribution in [0.5, 0.6) is 0 Å². The summed E-state index contributed by atoms with van der Waals surface area (Å²) in [5.41, 5.74) is 0. The van der Waals surface area contributed by atoms with Gasteiger partial charge in [0.15, 0.2) is 6.67 Å². The van der Waals surface area contributed by atoms with E-state index in [1.165, 1.54) is 218 Å². The Hall–Kier alpha value is -0.210. The lowest BCUT2D eigenvalue weighted by molar-refractivity contribution is -0.856. The summed E-state index contributed by atoms with van der Waals surface area (Å²) in [6.45, 7) is 7.02. The van der Waals surface area contributed by atoms with Crippen molar-refractivity contribution in [3.8, 4) is 0 Å². The highest BCUT2D eigenvalue weighted by molar-refractivity contribution is 4.76. The van der Waals surface area contributed by atoms with Crippen molar-refractivity contribution in [2.75, 3.05) is 20.3 Å². The van der Waals surface area contributed by atoms with E-state index in [0.717, 1.165) is 17.1 Å². The van der Waals surface area contributed by atoms with Crippen LogP contribution in [-0.4, -0.2) is 24.7 Å². The molecule has 0 aromatic heterocycles. The van der Waals surface area contributed by atoms with Crippen LogP contribution in [-0.2, 0) is 0 Å². The molecule has 0 aliphatic carbocycles. The van der Waals surface area contributed by atoms with Gasteiger partial charge in [-0.15, -0.1) is 0 Å². The fourth-order valence-electron chi connectivity index (χ4n) is 7.29. The van der Waals surface area contributed by atoms with Crippen molar-refractivity contribution in [1.82, 2.24) is 5.32 Å². The van der Waals surface area contributed by atoms with Crippen LogP contribution in [0.25, 0.3) is 0 Å². The summed E-state index contributed by atoms with van der Waals surface area (Å²) in [5.74, 6) is 1.02. The van der Waals surface area contributed by atoms with Gasteiger partial charge in [0, 0.05) is 0 Å². The first-order chi connectivity index (χ1) is 21.2. The molecule has 1 heterocycles. The van der Waals surface area contributed by atoms with Gasteiger partial charge in [-0.3, -0.25) is 4.48 Å². The van der Waals surface area contributed by atoms with Gasteiger partial charge < -0.3 is 17.7 Å². The summed E-state index contributed by atoms with van der Waals surface area (Å²) in [6.07, 6.45) is 53.0. The normalized spacial score (nSPS) is 16.7. The van der Waals surface area contributed by atoms with Crippen molar-refractivity contribution < 1.29 is 16.9 Å². The molecule has 264 valence electrons. The Kier molecular flexibility index (Phi) is 34.0. The molecule has 1 aliphatic rings. The minimum absolute atomic E-state index is 0. The fourth-order valence-corrected chi connectivity index (χ4v) is 7.29. The van der Waals surface area contributed by atoms with E-state index in [9.17, 15) is 0 Å². The van der Waals surface area contributed by atoms with E-state index in [2.05, 4.69) is 38.6 Å². The van der Waals surface area contributed by atoms with Gasteiger partial charge in [-0.25, -0.2) is 0 Å². The molecule has 0 spiro atoms. The van der Waals surface area contributed by atoms with Crippen molar-refractivity contribution >= 4 is 0 Å². The van der Waals surface area contributed by atoms with E-state index in [-0.39, 0.29) is 12.4 Å². The minimum Gasteiger partial charge on any atom is -1.00 e. The predicted molar refractivity (Wildman–Crippen MR) is 195 cm³/mol. The Balaban J connectivity index is 0.0000185. The Labute approximate surface area is 285 Å². The standard InChI is InChI=1S/C41H83N2.ClH/c1-4-6-8-10-12-14-15-16-17-18-19-20-21-23-27-31-35-41(34-30-26-22-13-11-9-7-5-2)36-32-28-24-25-29-33-38-43(3)39-37-42-40-43;/h37,39,41-42H,4-36,38,40H2,1-3H3;1H/q+1;/p-1. The largest absolute Gasteiger partial charge is 1.00 e. The summed E-state index contributed by atoms with van der Waals surface area (Å²) in [5, 5.41) is 3.36. The summed E-state index contributed by atoms with van der Waals surface area (Å²) in [7, 11) is 2.35. The molecule has 0 fully saturated rings. The zero-order valence-corrected chi connectivity index (χ0v) is 31.6. The number of hydrogen-bond donors (Lipinski definition) is 1. The van der Waals surface area contributed by atoms with E-state index in [4.69, 9.17) is 0 Å². The van der Waals surface area contributed by atoms with Gasteiger partial charge in [-0.1, -0.05) is 213 Å². The fraction of sp³-hybridized carbons (Fsp3) is 0.951. The van der Waals surface area contributed by atoms with E-state index < -0.39 is 0 Å². The molecule has 44 heavy (non-hydrogen) atoms. The van der Waals surface area contributed by atoms with Crippen molar-refractivity contribution in [3.05, 3.63) is 12.4 Å². The first kappa shape index (κ1) is 43.8. The van der Waals surface area contributed by atoms with Gasteiger partial charge in [0.2, 0.25) is 0 Å². The molecule has 0 amide bonds. The number of nitrogens with one attached hydrogen (secondary N) is 1. The molecule has 0 bridgehead atoms. The Morgan fingerprint density at radius 1 is 0.455 bits per heavy atom. The lowest BCUT2D eigenvalue weighted by Gasteiger charge is -2.25. The molecular formula is C41H83ClN2. The third kappa shape index (κ3) is 29.2. The molecule has 2 nitrogen and oxygen atoms in total. The average Bonchev–Trinajstić information content (AvgIpc) is 3.45. The summed E-state index contributed by atoms with van der Waals surface area (Å²) < 4.78 is 1.08. The van der Waals surface area contributed by atoms with E-state index in [1.807, 2.05) is 0 Å². The van der Waals surface area contributed by atoms with E-state index >= 15 is 0 Å². The van der Waals surface area contributed by atoms with Crippen LogP contribution < -0.4 is 17.7 Å². The molecular weight excluding hydrogens is 556 g/mol. The topological polar surface area (TPSA) is 12.0 Å². The lowest BCUT2D eigenvalue weighted by Crippen LogP contribution is -3.00. The summed E-state index contributed by atoms with van der Waals surface area (Å²) >= 11 is 0. The molecule has 0 saturated carbocycles. The second-order valence-corrected chi connectivity index (χ2v) is 15.0. The monoisotopic (exact) mass is 639 g/mol. The maximum absolute atomic E-state index is 3.36. The smallest absolute Gasteiger partial charge is 0.155 e. The van der Waals surface area contributed by atoms with Crippen molar-refractivity contribution in [1.29, 1.82) is 0 Å². The SMILES string of the molecule is CCCCCCCCCCCCCCCCCCC(CCCCCCCCCC)CCCCCCCC[N+]1(C)C=CNC1.[Cl-]. The van der Waals surface area contributed by atoms with Gasteiger partial charge in [0.05, 0.1) is 19.8 Å². The molecule has 0 saturated heterocycles. The number of quaternary nitrogens is 1. The first-order valence-electron chi connectivity index (χ1n) is 20.5. The predicted octanol–water partition coefficient (Wildman–Crippen LogP) is 11.0. The molecule has 1 rings (SSSR count). The van der Waals surface area contributed by atoms with Gasteiger partial charge in [-0.2, -0.15) is 0 Å². The van der Waals surface area contributed by atoms with Gasteiger partial charge in [-0.05, 0) is 18.8 Å². The lowest BCUT2D eigenvalue weighted by atomic mass is 9.89. The maximum atomic E-state index is 3.36. The number of nitrogens with zero attached hydrogens (tertiary/aromatic N) is 1. The maximum Gasteiger partial charge on any atom is 0.155 e. The molecule has 3 heteroatoms. The molecule has 1 N–H and O–H groups in total. The van der Waals surface area contributed by atoms with Crippen LogP contribution in [0.2, 0.25) is 0 Å². The second-order valence-electron chi connectivity index (χ2n) is 15.0. The van der Waals surface area contributed by atoms with Crippen LogP contribution in [0.15, 0.2) is 12.4 Å². The third-order valence-electron chi connectivity index (χ3n) is 10.5. The highest BCUT2D eigenvalue weighted by Crippen LogP contribution is 2.25. The third-order valence-corrected chi connectivity index (χ3v) is 10.5. The zero-order chi connectivity index (χ0) is 30.9. The van der Waals surface area contributed by atoms with E-state index in [1.54, 1.807) is 0 Å². The van der Waals surface area contributed by atoms with Crippen molar-refractivity contribution in [2.24, 2.45) is 5.92 Å². The van der Waals surface area contributed by atoms with Crippen molar-refractivity contribution in [3.63, 3.8) is 0 Å². The summed E-state index contributed by atoms with van der Waals surface area (Å²) in [4.78, 5) is 0. The Morgan fingerprint density at radius 2 is 0.750 bits per heavy atom. The highest BCUT2D eigenvalue weighted by Gasteiger charge is 2.20. The highest BCUT2D eigenvalue weighted by atomic mass is 35.5. The summed E-state index contributed by atoms with van der Waals surface area (Å²) in [6, 6.07) is 0. The van der Waals surface area contributed by atoms with Gasteiger partial charge in [0.1, 0.15) is 6.20 Å². The molecule has 1 aliphatic heterocycles. The van der Waals surface area contributed by atoms with Crippen LogP contribution in [0.4, 0.5) is 0 Å². The van der Waals surface area contributed by atoms with Crippen molar-refractivity contribution in [2.45, 2.75) is 226 Å². The number of unbranched alkanes of at least 4 members (excludes halogenated alkanes) is 27. The quantitative estimate of drug-likeness (QED) is 0.0538. The molecule has 0 aromatic carbocycles. The number of halogens is 1. The Bertz CT molecular complexity index is 579. The molecule has 2 unspecified atom stereocenters. The minimum atomic E-state index is 0. The van der Waals surface area contributed by atoms with Crippen LogP contribution in [0, 0.1) is 5.92 Å². The first-order valence-corrected chi connectivity index (χ1v) is 20.5. The number of rotatable bonds is 35. The van der Waals surface area contributed by atoms with Crippen LogP contribution in [0.3, 0.4) is 0 Å². The van der Waals surface area contributed by atoms with Crippen LogP contribution in [0.1, 0.15) is 226 Å². The number of hydrogen-bond acceptors (Lipinski definition) is 1. The van der Waals surface area contributed by atoms with Gasteiger partial charge >= 0.3 is 0 Å². The molecule has 0 radical (unpaired) electrons.